The monoisotopic (exact) mass is 442 g/mol. The molecule has 2 N–H and O–H groups in total. The predicted octanol–water partition coefficient (Wildman–Crippen LogP) is 4.22. The molecule has 0 aliphatic heterocycles. The molecule has 1 aliphatic rings. The van der Waals surface area contributed by atoms with Gasteiger partial charge in [-0.1, -0.05) is 35.8 Å². The number of hydrogen-bond acceptors (Lipinski definition) is 8. The molecule has 0 unspecified atom stereocenters. The molecule has 0 saturated heterocycles. The number of anilines is 1. The fourth-order valence-corrected chi connectivity index (χ4v) is 4.27. The quantitative estimate of drug-likeness (QED) is 0.404. The van der Waals surface area contributed by atoms with E-state index in [1.54, 1.807) is 25.7 Å². The normalized spacial score (nSPS) is 14.7. The van der Waals surface area contributed by atoms with E-state index in [4.69, 9.17) is 20.0 Å². The molecule has 5 rings (SSSR count). The Morgan fingerprint density at radius 3 is 2.30 bits per heavy atom. The second kappa shape index (κ2) is 9.07. The van der Waals surface area contributed by atoms with Gasteiger partial charge in [-0.15, -0.1) is 0 Å². The average Bonchev–Trinajstić information content (AvgIpc) is 3.30. The third-order valence-corrected chi connectivity index (χ3v) is 6.36. The van der Waals surface area contributed by atoms with Crippen molar-refractivity contribution in [3.05, 3.63) is 72.1 Å². The molecule has 0 spiro atoms. The molecule has 3 aromatic heterocycles. The number of ether oxygens (including phenoxy) is 1. The van der Waals surface area contributed by atoms with Crippen LogP contribution in [0.5, 0.6) is 0 Å². The maximum absolute atomic E-state index is 5.65. The summed E-state index contributed by atoms with van der Waals surface area (Å²) in [6, 6.07) is 12.4. The molecular formula is C25H26N6O2. The zero-order valence-electron chi connectivity index (χ0n) is 18.6. The second-order valence-corrected chi connectivity index (χ2v) is 8.40. The summed E-state index contributed by atoms with van der Waals surface area (Å²) in [6.45, 7) is 0.729. The Morgan fingerprint density at radius 2 is 1.67 bits per heavy atom. The summed E-state index contributed by atoms with van der Waals surface area (Å²) < 4.78 is 10.8. The van der Waals surface area contributed by atoms with Crippen LogP contribution in [0.3, 0.4) is 0 Å². The van der Waals surface area contributed by atoms with Gasteiger partial charge < -0.3 is 15.0 Å². The fourth-order valence-electron chi connectivity index (χ4n) is 4.27. The summed E-state index contributed by atoms with van der Waals surface area (Å²) in [5.74, 6) is 1.51. The number of nitrogens with two attached hydrogens (primary N) is 1. The van der Waals surface area contributed by atoms with Crippen LogP contribution < -0.4 is 5.73 Å². The number of pyridine rings is 1. The summed E-state index contributed by atoms with van der Waals surface area (Å²) in [4.78, 5) is 17.5. The highest BCUT2D eigenvalue weighted by Gasteiger charge is 2.44. The molecule has 0 amide bonds. The number of aromatic nitrogens is 5. The Bertz CT molecular complexity index is 1200. The van der Waals surface area contributed by atoms with Crippen molar-refractivity contribution < 1.29 is 9.26 Å². The average molecular weight is 443 g/mol. The van der Waals surface area contributed by atoms with Crippen LogP contribution in [0.2, 0.25) is 0 Å². The molecule has 0 atom stereocenters. The molecule has 0 bridgehead atoms. The van der Waals surface area contributed by atoms with Gasteiger partial charge in [-0.05, 0) is 48.9 Å². The fraction of sp³-hybridized carbons (Fsp3) is 0.320. The molecule has 1 saturated carbocycles. The zero-order chi connectivity index (χ0) is 22.7. The Balaban J connectivity index is 1.36. The first kappa shape index (κ1) is 21.2. The van der Waals surface area contributed by atoms with Gasteiger partial charge in [-0.2, -0.15) is 4.98 Å². The lowest BCUT2D eigenvalue weighted by atomic mass is 9.64. The smallest absolute Gasteiger partial charge is 0.259 e. The summed E-state index contributed by atoms with van der Waals surface area (Å²) in [6.07, 6.45) is 10.2. The topological polar surface area (TPSA) is 113 Å². The van der Waals surface area contributed by atoms with Gasteiger partial charge in [0, 0.05) is 43.6 Å². The van der Waals surface area contributed by atoms with Crippen LogP contribution in [0, 0.1) is 0 Å². The van der Waals surface area contributed by atoms with E-state index in [2.05, 4.69) is 44.4 Å². The van der Waals surface area contributed by atoms with Crippen LogP contribution in [0.15, 0.2) is 59.5 Å². The van der Waals surface area contributed by atoms with Gasteiger partial charge in [0.1, 0.15) is 0 Å². The number of nitrogen functional groups attached to an aromatic ring is 1. The Labute approximate surface area is 192 Å². The van der Waals surface area contributed by atoms with Crippen molar-refractivity contribution in [2.24, 2.45) is 0 Å². The van der Waals surface area contributed by atoms with E-state index < -0.39 is 0 Å². The van der Waals surface area contributed by atoms with Crippen molar-refractivity contribution in [3.63, 3.8) is 0 Å². The molecule has 0 radical (unpaired) electrons. The molecule has 168 valence electrons. The number of nitrogens with zero attached hydrogens (tertiary/aromatic N) is 5. The SMILES string of the molecule is COCCCc1ccc(-c2nc(C3(c4ccc(-c5cnc(N)nc5)cc4)CCC3)no2)cn1. The van der Waals surface area contributed by atoms with Crippen molar-refractivity contribution in [2.75, 3.05) is 19.5 Å². The first-order valence-corrected chi connectivity index (χ1v) is 11.1. The van der Waals surface area contributed by atoms with Crippen molar-refractivity contribution in [1.29, 1.82) is 0 Å². The molecule has 1 aromatic carbocycles. The summed E-state index contributed by atoms with van der Waals surface area (Å²) >= 11 is 0. The van der Waals surface area contributed by atoms with Gasteiger partial charge >= 0.3 is 0 Å². The molecule has 1 aliphatic carbocycles. The Hall–Kier alpha value is -3.65. The highest BCUT2D eigenvalue weighted by atomic mass is 16.5. The van der Waals surface area contributed by atoms with Crippen LogP contribution in [0.25, 0.3) is 22.6 Å². The van der Waals surface area contributed by atoms with E-state index in [-0.39, 0.29) is 11.4 Å². The lowest BCUT2D eigenvalue weighted by molar-refractivity contribution is 0.195. The first-order valence-electron chi connectivity index (χ1n) is 11.1. The summed E-state index contributed by atoms with van der Waals surface area (Å²) in [5, 5.41) is 4.37. The van der Waals surface area contributed by atoms with Gasteiger partial charge in [-0.25, -0.2) is 9.97 Å². The Morgan fingerprint density at radius 1 is 0.939 bits per heavy atom. The van der Waals surface area contributed by atoms with Gasteiger partial charge in [0.05, 0.1) is 11.0 Å². The molecule has 1 fully saturated rings. The van der Waals surface area contributed by atoms with E-state index in [9.17, 15) is 0 Å². The maximum atomic E-state index is 5.65. The van der Waals surface area contributed by atoms with Crippen LogP contribution in [-0.2, 0) is 16.6 Å². The number of rotatable bonds is 8. The van der Waals surface area contributed by atoms with Gasteiger partial charge in [-0.3, -0.25) is 4.98 Å². The molecule has 8 heteroatoms. The highest BCUT2D eigenvalue weighted by molar-refractivity contribution is 5.63. The largest absolute Gasteiger partial charge is 0.385 e. The molecule has 3 heterocycles. The van der Waals surface area contributed by atoms with Crippen molar-refractivity contribution in [1.82, 2.24) is 25.1 Å². The van der Waals surface area contributed by atoms with E-state index in [1.165, 1.54) is 5.56 Å². The minimum absolute atomic E-state index is 0.217. The van der Waals surface area contributed by atoms with E-state index in [0.29, 0.717) is 5.89 Å². The van der Waals surface area contributed by atoms with Crippen LogP contribution in [0.1, 0.15) is 42.8 Å². The third-order valence-electron chi connectivity index (χ3n) is 6.36. The van der Waals surface area contributed by atoms with Crippen molar-refractivity contribution in [2.45, 2.75) is 37.5 Å². The molecular weight excluding hydrogens is 416 g/mol. The number of benzene rings is 1. The van der Waals surface area contributed by atoms with E-state index >= 15 is 0 Å². The second-order valence-electron chi connectivity index (χ2n) is 8.40. The standard InChI is InChI=1S/C25H26N6O2/c1-32-13-2-4-21-10-7-18(14-27-21)22-30-23(31-33-22)25(11-3-12-25)20-8-5-17(6-9-20)19-15-28-24(26)29-16-19/h5-10,14-16H,2-4,11-13H2,1H3,(H2,26,28,29). The third kappa shape index (κ3) is 4.21. The molecule has 8 nitrogen and oxygen atoms in total. The van der Waals surface area contributed by atoms with E-state index in [1.807, 2.05) is 12.1 Å². The van der Waals surface area contributed by atoms with Crippen LogP contribution in [0.4, 0.5) is 5.95 Å². The summed E-state index contributed by atoms with van der Waals surface area (Å²) in [5.41, 5.74) is 10.4. The molecule has 33 heavy (non-hydrogen) atoms. The lowest BCUT2D eigenvalue weighted by Gasteiger charge is -2.39. The van der Waals surface area contributed by atoms with Crippen molar-refractivity contribution in [3.8, 4) is 22.6 Å². The highest BCUT2D eigenvalue weighted by Crippen LogP contribution is 2.48. The van der Waals surface area contributed by atoms with E-state index in [0.717, 1.165) is 66.9 Å². The number of methoxy groups -OCH3 is 1. The first-order chi connectivity index (χ1) is 16.2. The minimum atomic E-state index is -0.217. The minimum Gasteiger partial charge on any atom is -0.385 e. The summed E-state index contributed by atoms with van der Waals surface area (Å²) in [7, 11) is 1.71. The van der Waals surface area contributed by atoms with Gasteiger partial charge in [0.2, 0.25) is 5.95 Å². The number of hydrogen-bond donors (Lipinski definition) is 1. The zero-order valence-corrected chi connectivity index (χ0v) is 18.6. The number of aryl methyl sites for hydroxylation is 1. The van der Waals surface area contributed by atoms with Gasteiger partial charge in [0.25, 0.3) is 5.89 Å². The van der Waals surface area contributed by atoms with Crippen LogP contribution >= 0.6 is 0 Å². The Kier molecular flexibility index (Phi) is 5.83. The lowest BCUT2D eigenvalue weighted by Crippen LogP contribution is -2.36. The van der Waals surface area contributed by atoms with Crippen molar-refractivity contribution >= 4 is 5.95 Å². The maximum Gasteiger partial charge on any atom is 0.259 e. The molecule has 4 aromatic rings. The van der Waals surface area contributed by atoms with Gasteiger partial charge in [0.15, 0.2) is 5.82 Å². The van der Waals surface area contributed by atoms with Crippen LogP contribution in [-0.4, -0.2) is 38.8 Å². The predicted molar refractivity (Wildman–Crippen MR) is 124 cm³/mol.